The number of rotatable bonds is 3. The third-order valence-electron chi connectivity index (χ3n) is 4.08. The molecule has 0 amide bonds. The van der Waals surface area contributed by atoms with Gasteiger partial charge >= 0.3 is 0 Å². The van der Waals surface area contributed by atoms with Gasteiger partial charge in [0, 0.05) is 12.0 Å². The van der Waals surface area contributed by atoms with E-state index in [9.17, 15) is 0 Å². The summed E-state index contributed by atoms with van der Waals surface area (Å²) in [5, 5.41) is 0. The lowest BCUT2D eigenvalue weighted by atomic mass is 9.84. The number of benzene rings is 2. The molecule has 0 spiro atoms. The summed E-state index contributed by atoms with van der Waals surface area (Å²) >= 11 is 0. The van der Waals surface area contributed by atoms with Crippen LogP contribution in [0.2, 0.25) is 0 Å². The highest BCUT2D eigenvalue weighted by Crippen LogP contribution is 2.35. The second kappa shape index (κ2) is 5.68. The Balaban J connectivity index is 1.80. The molecular formula is C18H21NO. The molecule has 1 aliphatic rings. The number of hydrogen-bond acceptors (Lipinski definition) is 2. The topological polar surface area (TPSA) is 35.2 Å². The Bertz CT molecular complexity index is 593. The van der Waals surface area contributed by atoms with Gasteiger partial charge in [-0.2, -0.15) is 0 Å². The summed E-state index contributed by atoms with van der Waals surface area (Å²) in [5.74, 6) is 1.39. The van der Waals surface area contributed by atoms with Gasteiger partial charge in [0.2, 0.25) is 0 Å². The van der Waals surface area contributed by atoms with Gasteiger partial charge in [-0.3, -0.25) is 0 Å². The van der Waals surface area contributed by atoms with Crippen LogP contribution < -0.4 is 10.5 Å². The van der Waals surface area contributed by atoms with E-state index < -0.39 is 0 Å². The summed E-state index contributed by atoms with van der Waals surface area (Å²) in [6.45, 7) is 2.89. The van der Waals surface area contributed by atoms with Crippen molar-refractivity contribution in [3.63, 3.8) is 0 Å². The smallest absolute Gasteiger partial charge is 0.122 e. The number of hydrogen-bond donors (Lipinski definition) is 1. The summed E-state index contributed by atoms with van der Waals surface area (Å²) in [4.78, 5) is 0. The summed E-state index contributed by atoms with van der Waals surface area (Å²) < 4.78 is 5.72. The summed E-state index contributed by atoms with van der Waals surface area (Å²) in [5.41, 5.74) is 10.4. The molecule has 2 nitrogen and oxygen atoms in total. The zero-order chi connectivity index (χ0) is 13.9. The Kier molecular flexibility index (Phi) is 3.75. The van der Waals surface area contributed by atoms with Crippen LogP contribution in [-0.2, 0) is 6.42 Å². The number of para-hydroxylation sites is 1. The Morgan fingerprint density at radius 3 is 2.90 bits per heavy atom. The van der Waals surface area contributed by atoms with Crippen LogP contribution >= 0.6 is 0 Å². The van der Waals surface area contributed by atoms with Crippen molar-refractivity contribution in [1.29, 1.82) is 0 Å². The molecule has 20 heavy (non-hydrogen) atoms. The Hall–Kier alpha value is -1.80. The first-order chi connectivity index (χ1) is 9.74. The molecule has 0 aliphatic carbocycles. The van der Waals surface area contributed by atoms with Crippen LogP contribution in [0.15, 0.2) is 48.5 Å². The number of nitrogens with two attached hydrogens (primary N) is 1. The maximum atomic E-state index is 6.49. The Labute approximate surface area is 120 Å². The first kappa shape index (κ1) is 13.2. The third-order valence-corrected chi connectivity index (χ3v) is 4.08. The lowest BCUT2D eigenvalue weighted by molar-refractivity contribution is 0.254. The average molecular weight is 267 g/mol. The van der Waals surface area contributed by atoms with E-state index in [1.54, 1.807) is 0 Å². The van der Waals surface area contributed by atoms with Gasteiger partial charge in [0.25, 0.3) is 0 Å². The maximum Gasteiger partial charge on any atom is 0.122 e. The average Bonchev–Trinajstić information content (AvgIpc) is 2.46. The molecule has 2 aromatic rings. The van der Waals surface area contributed by atoms with Crippen molar-refractivity contribution >= 4 is 0 Å². The first-order valence-electron chi connectivity index (χ1n) is 7.27. The van der Waals surface area contributed by atoms with E-state index in [4.69, 9.17) is 10.5 Å². The molecule has 3 rings (SSSR count). The highest BCUT2D eigenvalue weighted by molar-refractivity contribution is 5.39. The quantitative estimate of drug-likeness (QED) is 0.924. The predicted molar refractivity (Wildman–Crippen MR) is 82.2 cm³/mol. The molecule has 0 aromatic heterocycles. The van der Waals surface area contributed by atoms with Crippen molar-refractivity contribution in [2.45, 2.75) is 31.7 Å². The van der Waals surface area contributed by atoms with Crippen LogP contribution in [-0.4, -0.2) is 12.6 Å². The molecule has 0 fully saturated rings. The summed E-state index contributed by atoms with van der Waals surface area (Å²) in [7, 11) is 0. The van der Waals surface area contributed by atoms with E-state index in [1.165, 1.54) is 16.7 Å². The van der Waals surface area contributed by atoms with E-state index in [2.05, 4.69) is 43.3 Å². The third kappa shape index (κ3) is 2.70. The van der Waals surface area contributed by atoms with Crippen molar-refractivity contribution in [3.8, 4) is 5.75 Å². The van der Waals surface area contributed by atoms with E-state index in [0.717, 1.165) is 25.2 Å². The first-order valence-corrected chi connectivity index (χ1v) is 7.27. The van der Waals surface area contributed by atoms with Crippen LogP contribution in [0.3, 0.4) is 0 Å². The van der Waals surface area contributed by atoms with E-state index in [0.29, 0.717) is 5.92 Å². The van der Waals surface area contributed by atoms with Crippen molar-refractivity contribution < 1.29 is 4.74 Å². The monoisotopic (exact) mass is 267 g/mol. The van der Waals surface area contributed by atoms with Crippen molar-refractivity contribution in [1.82, 2.24) is 0 Å². The molecular weight excluding hydrogens is 246 g/mol. The Morgan fingerprint density at radius 2 is 2.05 bits per heavy atom. The van der Waals surface area contributed by atoms with Gasteiger partial charge in [-0.15, -0.1) is 0 Å². The van der Waals surface area contributed by atoms with Crippen molar-refractivity contribution in [2.24, 2.45) is 5.73 Å². The molecule has 1 aliphatic heterocycles. The molecule has 104 valence electrons. The van der Waals surface area contributed by atoms with Crippen molar-refractivity contribution in [3.05, 3.63) is 65.2 Å². The fourth-order valence-electron chi connectivity index (χ4n) is 3.07. The highest BCUT2D eigenvalue weighted by Gasteiger charge is 2.26. The molecule has 0 saturated carbocycles. The summed E-state index contributed by atoms with van der Waals surface area (Å²) in [6.07, 6.45) is 1.92. The van der Waals surface area contributed by atoms with Gasteiger partial charge in [-0.25, -0.2) is 0 Å². The minimum absolute atomic E-state index is 0.141. The predicted octanol–water partition coefficient (Wildman–Crippen LogP) is 3.43. The molecule has 2 aromatic carbocycles. The lowest BCUT2D eigenvalue weighted by Gasteiger charge is -2.30. The van der Waals surface area contributed by atoms with Crippen LogP contribution in [0.1, 0.15) is 29.0 Å². The van der Waals surface area contributed by atoms with Crippen LogP contribution in [0, 0.1) is 6.92 Å². The number of ether oxygens (including phenoxy) is 1. The second-order valence-electron chi connectivity index (χ2n) is 5.64. The molecule has 2 unspecified atom stereocenters. The normalized spacial score (nSPS) is 19.0. The standard InChI is InChI=1S/C18H21NO/c1-13-5-4-6-14(11-13)12-17(19)15-9-10-20-18-8-3-2-7-16(15)18/h2-8,11,15,17H,9-10,12,19H2,1H3. The van der Waals surface area contributed by atoms with Crippen LogP contribution in [0.5, 0.6) is 5.75 Å². The molecule has 0 radical (unpaired) electrons. The second-order valence-corrected chi connectivity index (χ2v) is 5.64. The Morgan fingerprint density at radius 1 is 1.20 bits per heavy atom. The van der Waals surface area contributed by atoms with Crippen LogP contribution in [0.25, 0.3) is 0 Å². The molecule has 2 N–H and O–H groups in total. The summed E-state index contributed by atoms with van der Waals surface area (Å²) in [6, 6.07) is 17.0. The fraction of sp³-hybridized carbons (Fsp3) is 0.333. The molecule has 2 atom stereocenters. The zero-order valence-electron chi connectivity index (χ0n) is 11.9. The van der Waals surface area contributed by atoms with Crippen LogP contribution in [0.4, 0.5) is 0 Å². The number of fused-ring (bicyclic) bond motifs is 1. The van der Waals surface area contributed by atoms with Gasteiger partial charge in [-0.1, -0.05) is 48.0 Å². The minimum atomic E-state index is 0.141. The highest BCUT2D eigenvalue weighted by atomic mass is 16.5. The largest absolute Gasteiger partial charge is 0.493 e. The van der Waals surface area contributed by atoms with E-state index in [1.807, 2.05) is 12.1 Å². The van der Waals surface area contributed by atoms with E-state index in [-0.39, 0.29) is 6.04 Å². The van der Waals surface area contributed by atoms with Gasteiger partial charge < -0.3 is 10.5 Å². The zero-order valence-corrected chi connectivity index (χ0v) is 11.9. The fourth-order valence-corrected chi connectivity index (χ4v) is 3.07. The maximum absolute atomic E-state index is 6.49. The minimum Gasteiger partial charge on any atom is -0.493 e. The SMILES string of the molecule is Cc1cccc(CC(N)C2CCOc3ccccc32)c1. The molecule has 0 saturated heterocycles. The molecule has 1 heterocycles. The van der Waals surface area contributed by atoms with Gasteiger partial charge in [-0.05, 0) is 37.0 Å². The van der Waals surface area contributed by atoms with Crippen molar-refractivity contribution in [2.75, 3.05) is 6.61 Å². The van der Waals surface area contributed by atoms with Gasteiger partial charge in [0.1, 0.15) is 5.75 Å². The molecule has 2 heteroatoms. The van der Waals surface area contributed by atoms with Gasteiger partial charge in [0.05, 0.1) is 6.61 Å². The lowest BCUT2D eigenvalue weighted by Crippen LogP contribution is -2.34. The number of aryl methyl sites for hydroxylation is 1. The molecule has 0 bridgehead atoms. The van der Waals surface area contributed by atoms with Gasteiger partial charge in [0.15, 0.2) is 0 Å². The van der Waals surface area contributed by atoms with E-state index >= 15 is 0 Å².